The van der Waals surface area contributed by atoms with Crippen LogP contribution >= 0.6 is 11.8 Å². The average Bonchev–Trinajstić information content (AvgIpc) is 2.59. The number of thioether (sulfide) groups is 1. The van der Waals surface area contributed by atoms with Crippen LogP contribution in [0.15, 0.2) is 29.2 Å². The first-order valence-electron chi connectivity index (χ1n) is 7.80. The average molecular weight is 375 g/mol. The number of piperazine rings is 1. The summed E-state index contributed by atoms with van der Waals surface area (Å²) in [4.78, 5) is 27.6. The third kappa shape index (κ3) is 5.93. The molecule has 5 nitrogen and oxygen atoms in total. The van der Waals surface area contributed by atoms with Crippen LogP contribution in [0.5, 0.6) is 0 Å². The largest absolute Gasteiger partial charge is 0.416 e. The monoisotopic (exact) mass is 375 g/mol. The summed E-state index contributed by atoms with van der Waals surface area (Å²) >= 11 is 1.10. The van der Waals surface area contributed by atoms with Crippen LogP contribution in [0.1, 0.15) is 5.56 Å². The smallest absolute Gasteiger partial charge is 0.358 e. The van der Waals surface area contributed by atoms with Crippen molar-refractivity contribution in [2.24, 2.45) is 0 Å². The Hall–Kier alpha value is -1.74. The van der Waals surface area contributed by atoms with Crippen molar-refractivity contribution in [1.29, 1.82) is 0 Å². The standard InChI is InChI=1S/C16H20F3N3O2S/c1-20-14(23)10-21-5-7-22(8-6-21)15(24)11-25-13-4-2-3-12(9-13)16(17,18)19/h2-4,9H,5-8,10-11H2,1H3,(H,20,23). The Morgan fingerprint density at radius 1 is 1.20 bits per heavy atom. The van der Waals surface area contributed by atoms with Gasteiger partial charge in [-0.25, -0.2) is 0 Å². The number of benzene rings is 1. The lowest BCUT2D eigenvalue weighted by Crippen LogP contribution is -2.51. The van der Waals surface area contributed by atoms with Crippen molar-refractivity contribution in [3.05, 3.63) is 29.8 Å². The van der Waals surface area contributed by atoms with Gasteiger partial charge in [-0.3, -0.25) is 14.5 Å². The number of alkyl halides is 3. The molecule has 2 amide bonds. The maximum atomic E-state index is 12.7. The first-order chi connectivity index (χ1) is 11.8. The van der Waals surface area contributed by atoms with Crippen molar-refractivity contribution >= 4 is 23.6 Å². The first-order valence-corrected chi connectivity index (χ1v) is 8.79. The maximum Gasteiger partial charge on any atom is 0.416 e. The molecule has 1 heterocycles. The van der Waals surface area contributed by atoms with Crippen molar-refractivity contribution in [2.75, 3.05) is 45.5 Å². The minimum absolute atomic E-state index is 0.0696. The lowest BCUT2D eigenvalue weighted by atomic mass is 10.2. The quantitative estimate of drug-likeness (QED) is 0.796. The zero-order chi connectivity index (χ0) is 18.4. The Labute approximate surface area is 148 Å². The lowest BCUT2D eigenvalue weighted by molar-refractivity contribution is -0.137. The molecule has 0 aromatic heterocycles. The van der Waals surface area contributed by atoms with E-state index in [1.807, 2.05) is 4.90 Å². The van der Waals surface area contributed by atoms with Gasteiger partial charge in [0.25, 0.3) is 0 Å². The number of carbonyl (C=O) groups is 2. The highest BCUT2D eigenvalue weighted by Crippen LogP contribution is 2.31. The number of likely N-dealkylation sites (N-methyl/N-ethyl adjacent to an activating group) is 1. The van der Waals surface area contributed by atoms with Gasteiger partial charge in [0.15, 0.2) is 0 Å². The number of nitrogens with zero attached hydrogens (tertiary/aromatic N) is 2. The molecule has 0 atom stereocenters. The summed E-state index contributed by atoms with van der Waals surface area (Å²) in [5, 5.41) is 2.56. The van der Waals surface area contributed by atoms with Crippen LogP contribution in [-0.4, -0.2) is 67.1 Å². The number of hydrogen-bond acceptors (Lipinski definition) is 4. The summed E-state index contributed by atoms with van der Waals surface area (Å²) in [5.41, 5.74) is -0.715. The van der Waals surface area contributed by atoms with E-state index in [0.29, 0.717) is 37.6 Å². The van der Waals surface area contributed by atoms with Gasteiger partial charge in [-0.1, -0.05) is 6.07 Å². The SMILES string of the molecule is CNC(=O)CN1CCN(C(=O)CSc2cccc(C(F)(F)F)c2)CC1. The van der Waals surface area contributed by atoms with E-state index in [4.69, 9.17) is 0 Å². The summed E-state index contributed by atoms with van der Waals surface area (Å²) in [7, 11) is 1.58. The molecular weight excluding hydrogens is 355 g/mol. The van der Waals surface area contributed by atoms with Crippen molar-refractivity contribution < 1.29 is 22.8 Å². The van der Waals surface area contributed by atoms with Crippen LogP contribution in [0.2, 0.25) is 0 Å². The Morgan fingerprint density at radius 2 is 1.88 bits per heavy atom. The predicted molar refractivity (Wildman–Crippen MR) is 89.3 cm³/mol. The topological polar surface area (TPSA) is 52.7 Å². The number of amides is 2. The molecule has 0 spiro atoms. The van der Waals surface area contributed by atoms with Crippen molar-refractivity contribution in [3.63, 3.8) is 0 Å². The van der Waals surface area contributed by atoms with Gasteiger partial charge in [-0.05, 0) is 18.2 Å². The van der Waals surface area contributed by atoms with E-state index < -0.39 is 11.7 Å². The molecule has 0 radical (unpaired) electrons. The number of rotatable bonds is 5. The van der Waals surface area contributed by atoms with Gasteiger partial charge in [-0.2, -0.15) is 13.2 Å². The summed E-state index contributed by atoms with van der Waals surface area (Å²) in [6.45, 7) is 2.54. The number of hydrogen-bond donors (Lipinski definition) is 1. The van der Waals surface area contributed by atoms with E-state index in [1.54, 1.807) is 18.0 Å². The van der Waals surface area contributed by atoms with Gasteiger partial charge in [0.2, 0.25) is 11.8 Å². The van der Waals surface area contributed by atoms with Crippen molar-refractivity contribution in [1.82, 2.24) is 15.1 Å². The third-order valence-electron chi connectivity index (χ3n) is 3.89. The fourth-order valence-corrected chi connectivity index (χ4v) is 3.29. The molecule has 1 N–H and O–H groups in total. The molecule has 0 saturated carbocycles. The second-order valence-electron chi connectivity index (χ2n) is 5.64. The molecule has 25 heavy (non-hydrogen) atoms. The Morgan fingerprint density at radius 3 is 2.48 bits per heavy atom. The fourth-order valence-electron chi connectivity index (χ4n) is 2.44. The van der Waals surface area contributed by atoms with Crippen LogP contribution in [0, 0.1) is 0 Å². The summed E-state index contributed by atoms with van der Waals surface area (Å²) < 4.78 is 38.1. The van der Waals surface area contributed by atoms with Crippen LogP contribution in [0.25, 0.3) is 0 Å². The minimum atomic E-state index is -4.39. The van der Waals surface area contributed by atoms with E-state index >= 15 is 0 Å². The summed E-state index contributed by atoms with van der Waals surface area (Å²) in [6, 6.07) is 4.97. The number of carbonyl (C=O) groups excluding carboxylic acids is 2. The maximum absolute atomic E-state index is 12.7. The van der Waals surface area contributed by atoms with Crippen LogP contribution in [0.4, 0.5) is 13.2 Å². The second-order valence-corrected chi connectivity index (χ2v) is 6.69. The molecule has 0 unspecified atom stereocenters. The molecule has 1 aromatic carbocycles. The highest BCUT2D eigenvalue weighted by molar-refractivity contribution is 8.00. The van der Waals surface area contributed by atoms with Gasteiger partial charge in [-0.15, -0.1) is 11.8 Å². The lowest BCUT2D eigenvalue weighted by Gasteiger charge is -2.34. The van der Waals surface area contributed by atoms with E-state index in [2.05, 4.69) is 5.32 Å². The Balaban J connectivity index is 1.81. The molecule has 0 bridgehead atoms. The van der Waals surface area contributed by atoms with Crippen LogP contribution in [0.3, 0.4) is 0 Å². The van der Waals surface area contributed by atoms with Gasteiger partial charge in [0.1, 0.15) is 0 Å². The number of halogens is 3. The molecule has 138 valence electrons. The Kier molecular flexibility index (Phi) is 6.71. The van der Waals surface area contributed by atoms with Crippen molar-refractivity contribution in [2.45, 2.75) is 11.1 Å². The van der Waals surface area contributed by atoms with E-state index in [0.717, 1.165) is 23.9 Å². The Bertz CT molecular complexity index is 617. The number of nitrogens with one attached hydrogen (secondary N) is 1. The summed E-state index contributed by atoms with van der Waals surface area (Å²) in [6.07, 6.45) is -4.39. The van der Waals surface area contributed by atoms with Crippen LogP contribution in [-0.2, 0) is 15.8 Å². The van der Waals surface area contributed by atoms with Gasteiger partial charge < -0.3 is 10.2 Å². The third-order valence-corrected chi connectivity index (χ3v) is 4.87. The van der Waals surface area contributed by atoms with Crippen molar-refractivity contribution in [3.8, 4) is 0 Å². The highest BCUT2D eigenvalue weighted by Gasteiger charge is 2.30. The highest BCUT2D eigenvalue weighted by atomic mass is 32.2. The molecule has 2 rings (SSSR count). The van der Waals surface area contributed by atoms with Gasteiger partial charge in [0, 0.05) is 38.1 Å². The molecule has 1 aliphatic rings. The molecule has 1 saturated heterocycles. The second kappa shape index (κ2) is 8.57. The molecular formula is C16H20F3N3O2S. The molecule has 1 fully saturated rings. The molecule has 9 heteroatoms. The summed E-state index contributed by atoms with van der Waals surface area (Å²) in [5.74, 6) is -0.0848. The van der Waals surface area contributed by atoms with E-state index in [-0.39, 0.29) is 17.6 Å². The van der Waals surface area contributed by atoms with E-state index in [1.165, 1.54) is 6.07 Å². The predicted octanol–water partition coefficient (Wildman–Crippen LogP) is 1.69. The van der Waals surface area contributed by atoms with Gasteiger partial charge >= 0.3 is 6.18 Å². The molecule has 1 aromatic rings. The fraction of sp³-hybridized carbons (Fsp3) is 0.500. The zero-order valence-electron chi connectivity index (χ0n) is 13.8. The van der Waals surface area contributed by atoms with Gasteiger partial charge in [0.05, 0.1) is 17.9 Å². The minimum Gasteiger partial charge on any atom is -0.358 e. The van der Waals surface area contributed by atoms with Crippen LogP contribution < -0.4 is 5.32 Å². The van der Waals surface area contributed by atoms with E-state index in [9.17, 15) is 22.8 Å². The molecule has 0 aliphatic carbocycles. The normalized spacial score (nSPS) is 15.9. The molecule has 1 aliphatic heterocycles. The zero-order valence-corrected chi connectivity index (χ0v) is 14.6. The first kappa shape index (κ1) is 19.6.